The average Bonchev–Trinajstić information content (AvgIpc) is 2.88. The van der Waals surface area contributed by atoms with Crippen LogP contribution >= 0.6 is 0 Å². The fourth-order valence-electron chi connectivity index (χ4n) is 3.44. The van der Waals surface area contributed by atoms with Gasteiger partial charge in [-0.15, -0.1) is 6.58 Å². The number of amides is 1. The van der Waals surface area contributed by atoms with Crippen molar-refractivity contribution in [3.8, 4) is 17.6 Å². The molecule has 0 heterocycles. The normalized spacial score (nSPS) is 10.8. The van der Waals surface area contributed by atoms with Crippen LogP contribution in [0.2, 0.25) is 0 Å². The number of nitro groups is 1. The second-order valence-corrected chi connectivity index (χ2v) is 7.75. The highest BCUT2D eigenvalue weighted by molar-refractivity contribution is 6.09. The molecule has 1 amide bonds. The third-order valence-corrected chi connectivity index (χ3v) is 5.15. The van der Waals surface area contributed by atoms with Crippen molar-refractivity contribution in [3.63, 3.8) is 0 Å². The van der Waals surface area contributed by atoms with Gasteiger partial charge in [-0.05, 0) is 66.9 Å². The Balaban J connectivity index is 1.91. The van der Waals surface area contributed by atoms with E-state index in [2.05, 4.69) is 11.9 Å². The Bertz CT molecular complexity index is 1380. The maximum atomic E-state index is 13.9. The lowest BCUT2D eigenvalue weighted by Gasteiger charge is -2.17. The predicted octanol–water partition coefficient (Wildman–Crippen LogP) is 5.99. The first kappa shape index (κ1) is 26.6. The number of nitriles is 1. The molecule has 0 bridgehead atoms. The second kappa shape index (κ2) is 12.7. The molecule has 3 aromatic carbocycles. The number of halogens is 1. The van der Waals surface area contributed by atoms with Gasteiger partial charge in [0.2, 0.25) is 0 Å². The van der Waals surface area contributed by atoms with Gasteiger partial charge in [0, 0.05) is 17.7 Å². The number of non-ortho nitro benzene ring substituents is 1. The molecule has 1 N–H and O–H groups in total. The van der Waals surface area contributed by atoms with E-state index in [1.54, 1.807) is 43.3 Å². The van der Waals surface area contributed by atoms with E-state index < -0.39 is 16.6 Å². The number of allylic oxidation sites excluding steroid dienone is 1. The number of anilines is 1. The molecular formula is C28H24FN3O5. The van der Waals surface area contributed by atoms with Crippen molar-refractivity contribution in [3.05, 3.63) is 112 Å². The summed E-state index contributed by atoms with van der Waals surface area (Å²) in [5, 5.41) is 22.9. The van der Waals surface area contributed by atoms with Crippen LogP contribution in [0.15, 0.2) is 78.9 Å². The maximum Gasteiger partial charge on any atom is 0.269 e. The summed E-state index contributed by atoms with van der Waals surface area (Å²) in [4.78, 5) is 23.0. The number of hydrogen-bond donors (Lipinski definition) is 1. The summed E-state index contributed by atoms with van der Waals surface area (Å²) in [6, 6.07) is 16.9. The number of nitrogens with zero attached hydrogens (tertiary/aromatic N) is 2. The minimum Gasteiger partial charge on any atom is -0.490 e. The fourth-order valence-corrected chi connectivity index (χ4v) is 3.44. The molecule has 8 nitrogen and oxygen atoms in total. The number of nitro benzene ring substituents is 1. The van der Waals surface area contributed by atoms with Gasteiger partial charge in [-0.3, -0.25) is 14.9 Å². The SMILES string of the molecule is C=CCc1cc(/C=C(\C#N)C(=O)Nc2ccccc2F)cc(OCC)c1OCc1ccc([N+](=O)[O-])cc1. The summed E-state index contributed by atoms with van der Waals surface area (Å²) in [7, 11) is 0. The van der Waals surface area contributed by atoms with Crippen molar-refractivity contribution in [1.82, 2.24) is 0 Å². The van der Waals surface area contributed by atoms with Gasteiger partial charge in [0.15, 0.2) is 11.5 Å². The van der Waals surface area contributed by atoms with Crippen LogP contribution in [0.5, 0.6) is 11.5 Å². The van der Waals surface area contributed by atoms with Crippen LogP contribution in [0.3, 0.4) is 0 Å². The van der Waals surface area contributed by atoms with Gasteiger partial charge in [0.05, 0.1) is 17.2 Å². The molecule has 0 saturated heterocycles. The van der Waals surface area contributed by atoms with Crippen LogP contribution in [0, 0.1) is 27.3 Å². The molecule has 3 aromatic rings. The third-order valence-electron chi connectivity index (χ3n) is 5.15. The van der Waals surface area contributed by atoms with E-state index in [9.17, 15) is 24.6 Å². The van der Waals surface area contributed by atoms with Gasteiger partial charge in [-0.1, -0.05) is 18.2 Å². The zero-order chi connectivity index (χ0) is 26.8. The molecule has 0 unspecified atom stereocenters. The standard InChI is InChI=1S/C28H24FN3O5/c1-3-7-21-14-20(15-22(17-30)28(33)31-25-9-6-5-8-24(25)29)16-26(36-4-2)27(21)37-18-19-10-12-23(13-11-19)32(34)35/h3,5-6,8-16H,1,4,7,18H2,2H3,(H,31,33)/b22-15+. The Hall–Kier alpha value is -4.97. The summed E-state index contributed by atoms with van der Waals surface area (Å²) in [5.41, 5.74) is 1.64. The number of benzene rings is 3. The average molecular weight is 502 g/mol. The van der Waals surface area contributed by atoms with Crippen molar-refractivity contribution in [2.45, 2.75) is 20.0 Å². The number of carbonyl (C=O) groups is 1. The van der Waals surface area contributed by atoms with Crippen molar-refractivity contribution in [2.75, 3.05) is 11.9 Å². The van der Waals surface area contributed by atoms with E-state index in [-0.39, 0.29) is 23.6 Å². The first-order valence-electron chi connectivity index (χ1n) is 11.3. The zero-order valence-corrected chi connectivity index (χ0v) is 20.1. The highest BCUT2D eigenvalue weighted by atomic mass is 19.1. The van der Waals surface area contributed by atoms with E-state index in [0.717, 1.165) is 5.56 Å². The van der Waals surface area contributed by atoms with E-state index in [0.29, 0.717) is 35.7 Å². The molecule has 188 valence electrons. The van der Waals surface area contributed by atoms with Crippen LogP contribution in [0.4, 0.5) is 15.8 Å². The molecule has 37 heavy (non-hydrogen) atoms. The first-order chi connectivity index (χ1) is 17.9. The maximum absolute atomic E-state index is 13.9. The number of rotatable bonds is 11. The summed E-state index contributed by atoms with van der Waals surface area (Å²) >= 11 is 0. The molecule has 3 rings (SSSR count). The largest absolute Gasteiger partial charge is 0.490 e. The number of ether oxygens (including phenoxy) is 2. The molecule has 0 spiro atoms. The Morgan fingerprint density at radius 3 is 2.54 bits per heavy atom. The monoisotopic (exact) mass is 501 g/mol. The topological polar surface area (TPSA) is 114 Å². The quantitative estimate of drug-likeness (QED) is 0.114. The van der Waals surface area contributed by atoms with Crippen LogP contribution in [0.25, 0.3) is 6.08 Å². The minimum absolute atomic E-state index is 0.0189. The van der Waals surface area contributed by atoms with Crippen LogP contribution < -0.4 is 14.8 Å². The molecule has 9 heteroatoms. The molecule has 0 aliphatic heterocycles. The Morgan fingerprint density at radius 2 is 1.92 bits per heavy atom. The minimum atomic E-state index is -0.755. The molecule has 0 saturated carbocycles. The van der Waals surface area contributed by atoms with E-state index in [4.69, 9.17) is 9.47 Å². The van der Waals surface area contributed by atoms with Gasteiger partial charge in [-0.2, -0.15) is 5.26 Å². The zero-order valence-electron chi connectivity index (χ0n) is 20.1. The molecular weight excluding hydrogens is 477 g/mol. The van der Waals surface area contributed by atoms with Crippen LogP contribution in [-0.2, 0) is 17.8 Å². The highest BCUT2D eigenvalue weighted by Crippen LogP contribution is 2.35. The highest BCUT2D eigenvalue weighted by Gasteiger charge is 2.16. The molecule has 0 fully saturated rings. The number of nitrogens with one attached hydrogen (secondary N) is 1. The lowest BCUT2D eigenvalue weighted by Crippen LogP contribution is -2.14. The van der Waals surface area contributed by atoms with Crippen LogP contribution in [0.1, 0.15) is 23.6 Å². The Labute approximate surface area is 213 Å². The number of carbonyl (C=O) groups excluding carboxylic acids is 1. The van der Waals surface area contributed by atoms with Crippen LogP contribution in [-0.4, -0.2) is 17.4 Å². The van der Waals surface area contributed by atoms with Crippen molar-refractivity contribution < 1.29 is 23.6 Å². The van der Waals surface area contributed by atoms with E-state index in [1.165, 1.54) is 36.4 Å². The Morgan fingerprint density at radius 1 is 1.19 bits per heavy atom. The summed E-state index contributed by atoms with van der Waals surface area (Å²) < 4.78 is 25.7. The van der Waals surface area contributed by atoms with E-state index >= 15 is 0 Å². The Kier molecular flexibility index (Phi) is 9.11. The number of hydrogen-bond acceptors (Lipinski definition) is 6. The molecule has 0 aromatic heterocycles. The first-order valence-corrected chi connectivity index (χ1v) is 11.3. The summed E-state index contributed by atoms with van der Waals surface area (Å²) in [6.07, 6.45) is 3.46. The van der Waals surface area contributed by atoms with E-state index in [1.807, 2.05) is 6.07 Å². The van der Waals surface area contributed by atoms with Crippen molar-refractivity contribution >= 4 is 23.4 Å². The van der Waals surface area contributed by atoms with Gasteiger partial charge < -0.3 is 14.8 Å². The summed E-state index contributed by atoms with van der Waals surface area (Å²) in [5.74, 6) is -0.530. The van der Waals surface area contributed by atoms with Gasteiger partial charge in [-0.25, -0.2) is 4.39 Å². The van der Waals surface area contributed by atoms with Gasteiger partial charge >= 0.3 is 0 Å². The fraction of sp³-hybridized carbons (Fsp3) is 0.143. The number of para-hydroxylation sites is 1. The molecule has 0 atom stereocenters. The van der Waals surface area contributed by atoms with Crippen molar-refractivity contribution in [2.24, 2.45) is 0 Å². The second-order valence-electron chi connectivity index (χ2n) is 7.75. The smallest absolute Gasteiger partial charge is 0.269 e. The summed E-state index contributed by atoms with van der Waals surface area (Å²) in [6.45, 7) is 6.04. The lowest BCUT2D eigenvalue weighted by molar-refractivity contribution is -0.384. The molecule has 0 radical (unpaired) electrons. The lowest BCUT2D eigenvalue weighted by atomic mass is 10.0. The third kappa shape index (κ3) is 7.02. The molecule has 0 aliphatic rings. The molecule has 0 aliphatic carbocycles. The van der Waals surface area contributed by atoms with Crippen molar-refractivity contribution in [1.29, 1.82) is 5.26 Å². The van der Waals surface area contributed by atoms with Gasteiger partial charge in [0.25, 0.3) is 11.6 Å². The van der Waals surface area contributed by atoms with Gasteiger partial charge in [0.1, 0.15) is 24.1 Å². The predicted molar refractivity (Wildman–Crippen MR) is 138 cm³/mol.